The molecular weight excluding hydrogens is 273 g/mol. The van der Waals surface area contributed by atoms with E-state index >= 15 is 0 Å². The Balaban J connectivity index is 2.25. The monoisotopic (exact) mass is 281 g/mol. The number of pyridine rings is 1. The van der Waals surface area contributed by atoms with Crippen LogP contribution in [0.2, 0.25) is 10.0 Å². The number of halogens is 2. The van der Waals surface area contributed by atoms with E-state index < -0.39 is 0 Å². The summed E-state index contributed by atoms with van der Waals surface area (Å²) in [5, 5.41) is 3.41. The fraction of sp³-hybridized carbons (Fsp3) is 0. The Morgan fingerprint density at radius 2 is 2.06 bits per heavy atom. The molecule has 0 unspecified atom stereocenters. The third-order valence-corrected chi connectivity index (χ3v) is 2.82. The summed E-state index contributed by atoms with van der Waals surface area (Å²) in [7, 11) is 0. The van der Waals surface area contributed by atoms with Crippen molar-refractivity contribution in [1.29, 1.82) is 0 Å². The number of nitrogens with one attached hydrogen (secondary N) is 1. The lowest BCUT2D eigenvalue weighted by molar-refractivity contribution is 0.102. The first-order chi connectivity index (χ1) is 8.58. The normalized spacial score (nSPS) is 10.1. The minimum absolute atomic E-state index is 0.285. The standard InChI is InChI=1S/C12H9Cl2N3O/c13-7-1-2-8(9(14)5-7)12(18)17-11-3-4-16-6-10(11)15/h1-6H,15H2,(H,16,17,18). The van der Waals surface area contributed by atoms with E-state index in [1.165, 1.54) is 18.5 Å². The average molecular weight is 282 g/mol. The zero-order valence-corrected chi connectivity index (χ0v) is 10.7. The fourth-order valence-corrected chi connectivity index (χ4v) is 1.88. The van der Waals surface area contributed by atoms with Crippen molar-refractivity contribution in [3.8, 4) is 0 Å². The minimum Gasteiger partial charge on any atom is -0.396 e. The first-order valence-electron chi connectivity index (χ1n) is 5.04. The number of amides is 1. The van der Waals surface area contributed by atoms with E-state index in [-0.39, 0.29) is 10.9 Å². The Morgan fingerprint density at radius 3 is 2.72 bits per heavy atom. The maximum absolute atomic E-state index is 12.0. The molecule has 3 N–H and O–H groups in total. The molecule has 0 aliphatic heterocycles. The summed E-state index contributed by atoms with van der Waals surface area (Å²) in [5.74, 6) is -0.352. The maximum atomic E-state index is 12.0. The van der Waals surface area contributed by atoms with Gasteiger partial charge in [-0.1, -0.05) is 23.2 Å². The highest BCUT2D eigenvalue weighted by Gasteiger charge is 2.12. The Labute approximate surface area is 114 Å². The molecule has 92 valence electrons. The predicted octanol–water partition coefficient (Wildman–Crippen LogP) is 3.22. The van der Waals surface area contributed by atoms with Crippen LogP contribution in [-0.2, 0) is 0 Å². The predicted molar refractivity (Wildman–Crippen MR) is 73.1 cm³/mol. The van der Waals surface area contributed by atoms with Crippen LogP contribution >= 0.6 is 23.2 Å². The highest BCUT2D eigenvalue weighted by atomic mass is 35.5. The number of hydrogen-bond acceptors (Lipinski definition) is 3. The summed E-state index contributed by atoms with van der Waals surface area (Å²) in [4.78, 5) is 15.8. The van der Waals surface area contributed by atoms with Gasteiger partial charge in [0.15, 0.2) is 0 Å². The minimum atomic E-state index is -0.352. The Bertz CT molecular complexity index is 602. The van der Waals surface area contributed by atoms with E-state index in [0.29, 0.717) is 22.0 Å². The largest absolute Gasteiger partial charge is 0.396 e. The lowest BCUT2D eigenvalue weighted by Gasteiger charge is -2.08. The van der Waals surface area contributed by atoms with Crippen molar-refractivity contribution in [3.63, 3.8) is 0 Å². The molecule has 0 aliphatic rings. The molecule has 2 rings (SSSR count). The van der Waals surface area contributed by atoms with Gasteiger partial charge in [0.05, 0.1) is 28.2 Å². The zero-order valence-electron chi connectivity index (χ0n) is 9.15. The van der Waals surface area contributed by atoms with Crippen LogP contribution in [-0.4, -0.2) is 10.9 Å². The summed E-state index contributed by atoms with van der Waals surface area (Å²) < 4.78 is 0. The van der Waals surface area contributed by atoms with Crippen LogP contribution < -0.4 is 11.1 Å². The number of rotatable bonds is 2. The lowest BCUT2D eigenvalue weighted by atomic mass is 10.2. The van der Waals surface area contributed by atoms with E-state index in [4.69, 9.17) is 28.9 Å². The van der Waals surface area contributed by atoms with Crippen LogP contribution in [0.5, 0.6) is 0 Å². The first-order valence-corrected chi connectivity index (χ1v) is 5.79. The molecule has 0 bridgehead atoms. The molecule has 18 heavy (non-hydrogen) atoms. The average Bonchev–Trinajstić information content (AvgIpc) is 2.32. The molecule has 0 atom stereocenters. The van der Waals surface area contributed by atoms with E-state index in [9.17, 15) is 4.79 Å². The van der Waals surface area contributed by atoms with Gasteiger partial charge in [-0.25, -0.2) is 0 Å². The second kappa shape index (κ2) is 5.25. The topological polar surface area (TPSA) is 68.0 Å². The highest BCUT2D eigenvalue weighted by Crippen LogP contribution is 2.23. The number of benzene rings is 1. The number of hydrogen-bond donors (Lipinski definition) is 2. The molecule has 1 heterocycles. The number of nitrogens with two attached hydrogens (primary N) is 1. The van der Waals surface area contributed by atoms with Crippen LogP contribution in [0.4, 0.5) is 11.4 Å². The molecule has 2 aromatic rings. The number of aromatic nitrogens is 1. The Morgan fingerprint density at radius 1 is 1.28 bits per heavy atom. The third kappa shape index (κ3) is 2.72. The van der Waals surface area contributed by atoms with Gasteiger partial charge in [-0.3, -0.25) is 9.78 Å². The molecule has 6 heteroatoms. The van der Waals surface area contributed by atoms with E-state index in [1.54, 1.807) is 18.2 Å². The second-order valence-corrected chi connectivity index (χ2v) is 4.38. The van der Waals surface area contributed by atoms with E-state index in [0.717, 1.165) is 0 Å². The summed E-state index contributed by atoms with van der Waals surface area (Å²) in [5.41, 5.74) is 6.88. The van der Waals surface area contributed by atoms with Gasteiger partial charge in [-0.05, 0) is 24.3 Å². The van der Waals surface area contributed by atoms with E-state index in [2.05, 4.69) is 10.3 Å². The van der Waals surface area contributed by atoms with Crippen molar-refractivity contribution >= 4 is 40.5 Å². The molecule has 1 amide bonds. The molecule has 0 saturated carbocycles. The van der Waals surface area contributed by atoms with E-state index in [1.807, 2.05) is 0 Å². The van der Waals surface area contributed by atoms with Crippen LogP contribution in [0.15, 0.2) is 36.7 Å². The van der Waals surface area contributed by atoms with Gasteiger partial charge in [0.2, 0.25) is 0 Å². The molecule has 1 aromatic heterocycles. The lowest BCUT2D eigenvalue weighted by Crippen LogP contribution is -2.13. The van der Waals surface area contributed by atoms with Crippen molar-refractivity contribution in [2.75, 3.05) is 11.1 Å². The smallest absolute Gasteiger partial charge is 0.257 e. The van der Waals surface area contributed by atoms with Gasteiger partial charge in [0.1, 0.15) is 0 Å². The van der Waals surface area contributed by atoms with Gasteiger partial charge in [0, 0.05) is 11.2 Å². The summed E-state index contributed by atoms with van der Waals surface area (Å²) in [6.45, 7) is 0. The molecule has 0 saturated heterocycles. The molecule has 1 aromatic carbocycles. The zero-order chi connectivity index (χ0) is 13.1. The molecule has 0 radical (unpaired) electrons. The molecule has 0 fully saturated rings. The van der Waals surface area contributed by atoms with Crippen molar-refractivity contribution in [1.82, 2.24) is 4.98 Å². The van der Waals surface area contributed by atoms with Crippen LogP contribution in [0.25, 0.3) is 0 Å². The molecular formula is C12H9Cl2N3O. The van der Waals surface area contributed by atoms with Crippen LogP contribution in [0.3, 0.4) is 0 Å². The quantitative estimate of drug-likeness (QED) is 0.888. The van der Waals surface area contributed by atoms with Crippen LogP contribution in [0.1, 0.15) is 10.4 Å². The summed E-state index contributed by atoms with van der Waals surface area (Å²) in [6.07, 6.45) is 2.99. The van der Waals surface area contributed by atoms with Crippen molar-refractivity contribution in [2.24, 2.45) is 0 Å². The van der Waals surface area contributed by atoms with Crippen molar-refractivity contribution in [2.45, 2.75) is 0 Å². The number of carbonyl (C=O) groups is 1. The Hall–Kier alpha value is -1.78. The Kier molecular flexibility index (Phi) is 3.69. The maximum Gasteiger partial charge on any atom is 0.257 e. The summed E-state index contributed by atoms with van der Waals surface area (Å²) >= 11 is 11.7. The number of nitrogen functional groups attached to an aromatic ring is 1. The third-order valence-electron chi connectivity index (χ3n) is 2.28. The number of carbonyl (C=O) groups excluding carboxylic acids is 1. The van der Waals surface area contributed by atoms with Crippen LogP contribution in [0, 0.1) is 0 Å². The molecule has 0 aliphatic carbocycles. The van der Waals surface area contributed by atoms with Gasteiger partial charge in [-0.15, -0.1) is 0 Å². The van der Waals surface area contributed by atoms with Crippen molar-refractivity contribution in [3.05, 3.63) is 52.3 Å². The SMILES string of the molecule is Nc1cnccc1NC(=O)c1ccc(Cl)cc1Cl. The van der Waals surface area contributed by atoms with Crippen molar-refractivity contribution < 1.29 is 4.79 Å². The highest BCUT2D eigenvalue weighted by molar-refractivity contribution is 6.37. The van der Waals surface area contributed by atoms with Gasteiger partial charge < -0.3 is 11.1 Å². The second-order valence-electron chi connectivity index (χ2n) is 3.54. The molecule has 0 spiro atoms. The van der Waals surface area contributed by atoms with Gasteiger partial charge in [-0.2, -0.15) is 0 Å². The summed E-state index contributed by atoms with van der Waals surface area (Å²) in [6, 6.07) is 6.26. The first kappa shape index (κ1) is 12.7. The fourth-order valence-electron chi connectivity index (χ4n) is 1.38. The van der Waals surface area contributed by atoms with Gasteiger partial charge >= 0.3 is 0 Å². The van der Waals surface area contributed by atoms with Gasteiger partial charge in [0.25, 0.3) is 5.91 Å². The number of anilines is 2. The number of nitrogens with zero attached hydrogens (tertiary/aromatic N) is 1. The molecule has 4 nitrogen and oxygen atoms in total.